The fourth-order valence-corrected chi connectivity index (χ4v) is 4.89. The van der Waals surface area contributed by atoms with Gasteiger partial charge in [-0.15, -0.1) is 0 Å². The average Bonchev–Trinajstić information content (AvgIpc) is 3.41. The first kappa shape index (κ1) is 26.2. The van der Waals surface area contributed by atoms with Crippen molar-refractivity contribution in [2.24, 2.45) is 0 Å². The van der Waals surface area contributed by atoms with E-state index in [9.17, 15) is 4.79 Å². The number of nitrogens with zero attached hydrogens (tertiary/aromatic N) is 5. The molecule has 5 N–H and O–H groups in total. The fraction of sp³-hybridized carbons (Fsp3) is 0.276. The molecule has 1 saturated heterocycles. The number of amides is 1. The number of nitrogen functional groups attached to an aromatic ring is 1. The number of pyridine rings is 2. The van der Waals surface area contributed by atoms with Gasteiger partial charge in [0.1, 0.15) is 0 Å². The molecule has 0 spiro atoms. The minimum Gasteiger partial charge on any atom is -0.368 e. The number of benzene rings is 1. The van der Waals surface area contributed by atoms with Crippen LogP contribution in [-0.4, -0.2) is 63.0 Å². The summed E-state index contributed by atoms with van der Waals surface area (Å²) in [5.41, 5.74) is 18.6. The number of likely N-dealkylation sites (tertiary alicyclic amines) is 1. The quantitative estimate of drug-likeness (QED) is 0.193. The van der Waals surface area contributed by atoms with Crippen molar-refractivity contribution in [3.8, 4) is 22.4 Å². The maximum Gasteiger partial charge on any atom is 0.255 e. The Morgan fingerprint density at radius 3 is 2.54 bits per heavy atom. The smallest absolute Gasteiger partial charge is 0.255 e. The third kappa shape index (κ3) is 6.36. The van der Waals surface area contributed by atoms with E-state index in [0.717, 1.165) is 46.7 Å². The Balaban J connectivity index is 1.24. The van der Waals surface area contributed by atoms with Crippen molar-refractivity contribution in [2.75, 3.05) is 37.3 Å². The SMILES string of the molecule is Cc1cc(-c2c(NNCCNC3CCN(C(=O)c4cccnc4)C3)nc(N)nc2-c2ccccc2)cc(C)n1. The summed E-state index contributed by atoms with van der Waals surface area (Å²) in [5, 5.41) is 3.54. The van der Waals surface area contributed by atoms with Crippen LogP contribution in [-0.2, 0) is 0 Å². The molecule has 1 aliphatic rings. The topological polar surface area (TPSA) is 134 Å². The number of hydrazine groups is 1. The van der Waals surface area contributed by atoms with Gasteiger partial charge in [-0.3, -0.25) is 14.8 Å². The van der Waals surface area contributed by atoms with Crippen LogP contribution in [0.15, 0.2) is 67.0 Å². The lowest BCUT2D eigenvalue weighted by molar-refractivity contribution is 0.0789. The zero-order valence-corrected chi connectivity index (χ0v) is 22.2. The Morgan fingerprint density at radius 1 is 1.00 bits per heavy atom. The zero-order valence-electron chi connectivity index (χ0n) is 22.2. The van der Waals surface area contributed by atoms with Crippen molar-refractivity contribution in [2.45, 2.75) is 26.3 Å². The summed E-state index contributed by atoms with van der Waals surface area (Å²) in [6, 6.07) is 17.8. The van der Waals surface area contributed by atoms with Crippen LogP contribution >= 0.6 is 0 Å². The van der Waals surface area contributed by atoms with Crippen molar-refractivity contribution in [3.63, 3.8) is 0 Å². The minimum absolute atomic E-state index is 0.0249. The fourth-order valence-electron chi connectivity index (χ4n) is 4.89. The molecule has 1 unspecified atom stereocenters. The van der Waals surface area contributed by atoms with E-state index in [0.29, 0.717) is 31.0 Å². The van der Waals surface area contributed by atoms with E-state index in [1.54, 1.807) is 24.5 Å². The molecule has 0 saturated carbocycles. The summed E-state index contributed by atoms with van der Waals surface area (Å²) in [7, 11) is 0. The lowest BCUT2D eigenvalue weighted by Gasteiger charge is -2.18. The number of aryl methyl sites for hydroxylation is 2. The molecule has 1 aliphatic heterocycles. The summed E-state index contributed by atoms with van der Waals surface area (Å²) in [5.74, 6) is 0.809. The second-order valence-corrected chi connectivity index (χ2v) is 9.64. The molecule has 5 rings (SSSR count). The second kappa shape index (κ2) is 12.0. The van der Waals surface area contributed by atoms with E-state index in [4.69, 9.17) is 5.73 Å². The maximum atomic E-state index is 12.7. The zero-order chi connectivity index (χ0) is 27.2. The number of carbonyl (C=O) groups excluding carboxylic acids is 1. The first-order valence-electron chi connectivity index (χ1n) is 13.1. The number of carbonyl (C=O) groups is 1. The number of hydrogen-bond donors (Lipinski definition) is 4. The Labute approximate surface area is 228 Å². The molecule has 0 bridgehead atoms. The van der Waals surface area contributed by atoms with Crippen LogP contribution < -0.4 is 21.9 Å². The van der Waals surface area contributed by atoms with Crippen LogP contribution in [0.1, 0.15) is 28.2 Å². The van der Waals surface area contributed by atoms with Gasteiger partial charge in [-0.25, -0.2) is 10.4 Å². The van der Waals surface area contributed by atoms with Gasteiger partial charge in [0.05, 0.1) is 16.8 Å². The maximum absolute atomic E-state index is 12.7. The highest BCUT2D eigenvalue weighted by Gasteiger charge is 2.26. The molecule has 1 fully saturated rings. The molecular formula is C29H33N9O. The van der Waals surface area contributed by atoms with Crippen molar-refractivity contribution < 1.29 is 4.79 Å². The highest BCUT2D eigenvalue weighted by Crippen LogP contribution is 2.36. The van der Waals surface area contributed by atoms with Gasteiger partial charge < -0.3 is 21.4 Å². The molecule has 1 amide bonds. The molecule has 4 heterocycles. The number of aromatic nitrogens is 4. The molecule has 10 nitrogen and oxygen atoms in total. The highest BCUT2D eigenvalue weighted by atomic mass is 16.2. The highest BCUT2D eigenvalue weighted by molar-refractivity contribution is 5.94. The molecule has 10 heteroatoms. The molecule has 1 atom stereocenters. The third-order valence-electron chi connectivity index (χ3n) is 6.62. The van der Waals surface area contributed by atoms with Crippen LogP contribution in [0.2, 0.25) is 0 Å². The van der Waals surface area contributed by atoms with Crippen LogP contribution in [0.4, 0.5) is 11.8 Å². The standard InChI is InChI=1S/C29H33N9O/c1-19-15-23(16-20(2)34-19)25-26(21-7-4-3-5-8-21)35-29(30)36-27(25)37-33-13-12-32-24-10-14-38(18-24)28(39)22-9-6-11-31-17-22/h3-9,11,15-17,24,32-33H,10,12-14,18H2,1-2H3,(H3,30,35,36,37). The summed E-state index contributed by atoms with van der Waals surface area (Å²) < 4.78 is 0. The monoisotopic (exact) mass is 523 g/mol. The molecule has 200 valence electrons. The van der Waals surface area contributed by atoms with Crippen molar-refractivity contribution >= 4 is 17.7 Å². The van der Waals surface area contributed by atoms with Crippen LogP contribution in [0, 0.1) is 13.8 Å². The predicted octanol–water partition coefficient (Wildman–Crippen LogP) is 3.22. The Kier molecular flexibility index (Phi) is 8.04. The predicted molar refractivity (Wildman–Crippen MR) is 153 cm³/mol. The van der Waals surface area contributed by atoms with E-state index in [2.05, 4.69) is 36.1 Å². The van der Waals surface area contributed by atoms with Gasteiger partial charge in [-0.05, 0) is 50.1 Å². The number of rotatable bonds is 9. The van der Waals surface area contributed by atoms with E-state index in [1.807, 2.05) is 61.2 Å². The van der Waals surface area contributed by atoms with Gasteiger partial charge in [0.2, 0.25) is 5.95 Å². The number of nitrogens with two attached hydrogens (primary N) is 1. The van der Waals surface area contributed by atoms with Gasteiger partial charge in [-0.2, -0.15) is 4.98 Å². The molecule has 4 aromatic rings. The molecule has 1 aromatic carbocycles. The minimum atomic E-state index is 0.0249. The Morgan fingerprint density at radius 2 is 1.79 bits per heavy atom. The normalized spacial score (nSPS) is 14.9. The Hall–Kier alpha value is -4.41. The van der Waals surface area contributed by atoms with Crippen LogP contribution in [0.25, 0.3) is 22.4 Å². The van der Waals surface area contributed by atoms with Crippen molar-refractivity contribution in [1.82, 2.24) is 35.6 Å². The lowest BCUT2D eigenvalue weighted by atomic mass is 9.99. The van der Waals surface area contributed by atoms with E-state index >= 15 is 0 Å². The molecule has 39 heavy (non-hydrogen) atoms. The van der Waals surface area contributed by atoms with Crippen molar-refractivity contribution in [3.05, 3.63) is 83.9 Å². The lowest BCUT2D eigenvalue weighted by Crippen LogP contribution is -2.39. The van der Waals surface area contributed by atoms with Gasteiger partial charge in [0.25, 0.3) is 5.91 Å². The summed E-state index contributed by atoms with van der Waals surface area (Å²) >= 11 is 0. The number of hydrogen-bond acceptors (Lipinski definition) is 9. The second-order valence-electron chi connectivity index (χ2n) is 9.64. The van der Waals surface area contributed by atoms with E-state index in [-0.39, 0.29) is 17.9 Å². The molecule has 0 radical (unpaired) electrons. The largest absolute Gasteiger partial charge is 0.368 e. The summed E-state index contributed by atoms with van der Waals surface area (Å²) in [6.07, 6.45) is 4.20. The van der Waals surface area contributed by atoms with Crippen LogP contribution in [0.5, 0.6) is 0 Å². The number of nitrogens with one attached hydrogen (secondary N) is 3. The van der Waals surface area contributed by atoms with E-state index < -0.39 is 0 Å². The average molecular weight is 524 g/mol. The number of anilines is 2. The van der Waals surface area contributed by atoms with E-state index in [1.165, 1.54) is 0 Å². The van der Waals surface area contributed by atoms with Crippen LogP contribution in [0.3, 0.4) is 0 Å². The summed E-state index contributed by atoms with van der Waals surface area (Å²) in [4.78, 5) is 32.3. The van der Waals surface area contributed by atoms with Gasteiger partial charge in [0.15, 0.2) is 5.82 Å². The molecular weight excluding hydrogens is 490 g/mol. The third-order valence-corrected chi connectivity index (χ3v) is 6.62. The van der Waals surface area contributed by atoms with Gasteiger partial charge in [-0.1, -0.05) is 30.3 Å². The molecule has 0 aliphatic carbocycles. The first-order chi connectivity index (χ1) is 19.0. The summed E-state index contributed by atoms with van der Waals surface area (Å²) in [6.45, 7) is 6.69. The van der Waals surface area contributed by atoms with Crippen molar-refractivity contribution in [1.29, 1.82) is 0 Å². The Bertz CT molecular complexity index is 1410. The molecule has 3 aromatic heterocycles. The first-order valence-corrected chi connectivity index (χ1v) is 13.1. The van der Waals surface area contributed by atoms with Gasteiger partial charge >= 0.3 is 0 Å². The van der Waals surface area contributed by atoms with Gasteiger partial charge in [0, 0.05) is 61.6 Å².